The van der Waals surface area contributed by atoms with Crippen molar-refractivity contribution in [2.75, 3.05) is 0 Å². The summed E-state index contributed by atoms with van der Waals surface area (Å²) in [5.74, 6) is -3.41. The minimum Gasteiger partial charge on any atom is -0.481 e. The molecule has 0 aromatic heterocycles. The third-order valence-electron chi connectivity index (χ3n) is 1.47. The number of carboxylic acid groups (broad SMARTS) is 1. The number of aliphatic carboxylic acids is 1. The number of halogens is 3. The SMILES string of the molecule is CC[C@@H](C(=O)O)[C@@H](O)C(F)(F)F. The molecule has 0 amide bonds. The van der Waals surface area contributed by atoms with Gasteiger partial charge in [-0.05, 0) is 6.42 Å². The molecule has 0 rings (SSSR count). The Morgan fingerprint density at radius 2 is 1.92 bits per heavy atom. The van der Waals surface area contributed by atoms with Gasteiger partial charge in [0.1, 0.15) is 0 Å². The van der Waals surface area contributed by atoms with Crippen LogP contribution in [0.15, 0.2) is 0 Å². The van der Waals surface area contributed by atoms with Crippen LogP contribution in [0.25, 0.3) is 0 Å². The van der Waals surface area contributed by atoms with Gasteiger partial charge >= 0.3 is 12.1 Å². The van der Waals surface area contributed by atoms with E-state index in [-0.39, 0.29) is 6.42 Å². The lowest BCUT2D eigenvalue weighted by Gasteiger charge is -2.19. The lowest BCUT2D eigenvalue weighted by Crippen LogP contribution is -2.39. The average molecular weight is 186 g/mol. The molecule has 0 saturated carbocycles. The zero-order valence-corrected chi connectivity index (χ0v) is 6.30. The standard InChI is InChI=1S/C6H9F3O3/c1-2-3(5(11)12)4(10)6(7,8)9/h3-4,10H,2H2,1H3,(H,11,12)/t3-,4-/m1/s1. The summed E-state index contributed by atoms with van der Waals surface area (Å²) in [6.45, 7) is 1.27. The van der Waals surface area contributed by atoms with Crippen LogP contribution in [0.2, 0.25) is 0 Å². The van der Waals surface area contributed by atoms with Crippen LogP contribution in [-0.4, -0.2) is 28.5 Å². The van der Waals surface area contributed by atoms with Gasteiger partial charge in [-0.15, -0.1) is 0 Å². The van der Waals surface area contributed by atoms with E-state index in [0.717, 1.165) is 0 Å². The van der Waals surface area contributed by atoms with Crippen molar-refractivity contribution in [3.63, 3.8) is 0 Å². The van der Waals surface area contributed by atoms with Crippen LogP contribution in [0.4, 0.5) is 13.2 Å². The van der Waals surface area contributed by atoms with Crippen molar-refractivity contribution >= 4 is 5.97 Å². The summed E-state index contributed by atoms with van der Waals surface area (Å²) < 4.78 is 35.2. The molecule has 0 heterocycles. The molecule has 0 aliphatic carbocycles. The number of hydrogen-bond donors (Lipinski definition) is 2. The molecule has 0 bridgehead atoms. The largest absolute Gasteiger partial charge is 0.481 e. The summed E-state index contributed by atoms with van der Waals surface area (Å²) in [7, 11) is 0. The Bertz CT molecular complexity index is 166. The number of hydrogen-bond acceptors (Lipinski definition) is 2. The van der Waals surface area contributed by atoms with Gasteiger partial charge in [-0.2, -0.15) is 13.2 Å². The number of carbonyl (C=O) groups is 1. The molecule has 3 nitrogen and oxygen atoms in total. The minimum atomic E-state index is -4.86. The van der Waals surface area contributed by atoms with E-state index in [2.05, 4.69) is 0 Å². The van der Waals surface area contributed by atoms with Gasteiger partial charge in [0, 0.05) is 0 Å². The maximum absolute atomic E-state index is 11.7. The molecule has 2 N–H and O–H groups in total. The molecule has 72 valence electrons. The lowest BCUT2D eigenvalue weighted by molar-refractivity contribution is -0.223. The number of carboxylic acids is 1. The van der Waals surface area contributed by atoms with Crippen molar-refractivity contribution in [1.82, 2.24) is 0 Å². The molecule has 2 atom stereocenters. The van der Waals surface area contributed by atoms with E-state index in [1.54, 1.807) is 0 Å². The molecule has 0 aromatic rings. The Labute approximate surface area is 66.8 Å². The van der Waals surface area contributed by atoms with E-state index in [1.807, 2.05) is 0 Å². The molecule has 12 heavy (non-hydrogen) atoms. The summed E-state index contributed by atoms with van der Waals surface area (Å²) >= 11 is 0. The second kappa shape index (κ2) is 3.75. The second-order valence-electron chi connectivity index (χ2n) is 2.34. The van der Waals surface area contributed by atoms with Crippen LogP contribution in [0, 0.1) is 5.92 Å². The topological polar surface area (TPSA) is 57.5 Å². The lowest BCUT2D eigenvalue weighted by atomic mass is 9.99. The van der Waals surface area contributed by atoms with Crippen molar-refractivity contribution < 1.29 is 28.2 Å². The van der Waals surface area contributed by atoms with E-state index in [4.69, 9.17) is 10.2 Å². The zero-order valence-electron chi connectivity index (χ0n) is 6.30. The van der Waals surface area contributed by atoms with Gasteiger partial charge in [-0.1, -0.05) is 6.92 Å². The van der Waals surface area contributed by atoms with Crippen LogP contribution in [0.3, 0.4) is 0 Å². The van der Waals surface area contributed by atoms with E-state index < -0.39 is 24.2 Å². The number of alkyl halides is 3. The van der Waals surface area contributed by atoms with Crippen molar-refractivity contribution in [2.45, 2.75) is 25.6 Å². The normalized spacial score (nSPS) is 17.1. The van der Waals surface area contributed by atoms with Crippen LogP contribution in [0.5, 0.6) is 0 Å². The molecule has 0 spiro atoms. The molecule has 0 radical (unpaired) electrons. The van der Waals surface area contributed by atoms with Gasteiger partial charge in [0.25, 0.3) is 0 Å². The molecule has 0 aromatic carbocycles. The Morgan fingerprint density at radius 1 is 1.50 bits per heavy atom. The molecular weight excluding hydrogens is 177 g/mol. The van der Waals surface area contributed by atoms with Crippen LogP contribution in [0.1, 0.15) is 13.3 Å². The first kappa shape index (κ1) is 11.2. The highest BCUT2D eigenvalue weighted by Gasteiger charge is 2.45. The molecule has 0 aliphatic heterocycles. The number of aliphatic hydroxyl groups excluding tert-OH is 1. The highest BCUT2D eigenvalue weighted by atomic mass is 19.4. The van der Waals surface area contributed by atoms with Gasteiger partial charge in [0.15, 0.2) is 6.10 Å². The van der Waals surface area contributed by atoms with Gasteiger partial charge in [0.2, 0.25) is 0 Å². The Balaban J connectivity index is 4.42. The zero-order chi connectivity index (χ0) is 9.94. The Morgan fingerprint density at radius 3 is 2.00 bits per heavy atom. The summed E-state index contributed by atoms with van der Waals surface area (Å²) in [4.78, 5) is 10.2. The fourth-order valence-electron chi connectivity index (χ4n) is 0.761. The van der Waals surface area contributed by atoms with Crippen LogP contribution < -0.4 is 0 Å². The maximum Gasteiger partial charge on any atom is 0.415 e. The first-order chi connectivity index (χ1) is 5.30. The molecule has 0 aliphatic rings. The first-order valence-electron chi connectivity index (χ1n) is 3.28. The Kier molecular flexibility index (Phi) is 3.51. The van der Waals surface area contributed by atoms with Gasteiger partial charge in [0.05, 0.1) is 5.92 Å². The van der Waals surface area contributed by atoms with Crippen molar-refractivity contribution in [3.05, 3.63) is 0 Å². The van der Waals surface area contributed by atoms with E-state index in [9.17, 15) is 18.0 Å². The predicted octanol–water partition coefficient (Wildman–Crippen LogP) is 1.02. The molecule has 6 heteroatoms. The van der Waals surface area contributed by atoms with Crippen molar-refractivity contribution in [3.8, 4) is 0 Å². The third kappa shape index (κ3) is 2.69. The maximum atomic E-state index is 11.7. The van der Waals surface area contributed by atoms with Crippen LogP contribution in [-0.2, 0) is 4.79 Å². The summed E-state index contributed by atoms with van der Waals surface area (Å²) in [5.41, 5.74) is 0. The molecule has 0 saturated heterocycles. The van der Waals surface area contributed by atoms with Gasteiger partial charge < -0.3 is 10.2 Å². The van der Waals surface area contributed by atoms with Gasteiger partial charge in [-0.25, -0.2) is 0 Å². The number of aliphatic hydroxyl groups is 1. The highest BCUT2D eigenvalue weighted by Crippen LogP contribution is 2.27. The molecule has 0 fully saturated rings. The Hall–Kier alpha value is -0.780. The minimum absolute atomic E-state index is 0.254. The third-order valence-corrected chi connectivity index (χ3v) is 1.47. The summed E-state index contributed by atoms with van der Waals surface area (Å²) in [6, 6.07) is 0. The molecule has 0 unspecified atom stereocenters. The van der Waals surface area contributed by atoms with Crippen LogP contribution >= 0.6 is 0 Å². The first-order valence-corrected chi connectivity index (χ1v) is 3.28. The number of rotatable bonds is 3. The molecular formula is C6H9F3O3. The monoisotopic (exact) mass is 186 g/mol. The highest BCUT2D eigenvalue weighted by molar-refractivity contribution is 5.70. The fraction of sp³-hybridized carbons (Fsp3) is 0.833. The smallest absolute Gasteiger partial charge is 0.415 e. The predicted molar refractivity (Wildman–Crippen MR) is 33.5 cm³/mol. The van der Waals surface area contributed by atoms with Crippen molar-refractivity contribution in [1.29, 1.82) is 0 Å². The van der Waals surface area contributed by atoms with E-state index in [1.165, 1.54) is 6.92 Å². The second-order valence-corrected chi connectivity index (χ2v) is 2.34. The average Bonchev–Trinajstić information content (AvgIpc) is 1.86. The quantitative estimate of drug-likeness (QED) is 0.691. The van der Waals surface area contributed by atoms with E-state index >= 15 is 0 Å². The fourth-order valence-corrected chi connectivity index (χ4v) is 0.761. The van der Waals surface area contributed by atoms with Gasteiger partial charge in [-0.3, -0.25) is 4.79 Å². The van der Waals surface area contributed by atoms with E-state index in [0.29, 0.717) is 0 Å². The summed E-state index contributed by atoms with van der Waals surface area (Å²) in [5, 5.41) is 16.8. The summed E-state index contributed by atoms with van der Waals surface area (Å²) in [6.07, 6.45) is -7.89. The van der Waals surface area contributed by atoms with Crippen molar-refractivity contribution in [2.24, 2.45) is 5.92 Å².